The van der Waals surface area contributed by atoms with Crippen molar-refractivity contribution in [3.8, 4) is 5.69 Å². The molecule has 8 heteroatoms. The summed E-state index contributed by atoms with van der Waals surface area (Å²) >= 11 is 11.7. The van der Waals surface area contributed by atoms with E-state index in [4.69, 9.17) is 23.2 Å². The van der Waals surface area contributed by atoms with E-state index in [0.29, 0.717) is 22.1 Å². The van der Waals surface area contributed by atoms with Gasteiger partial charge in [-0.1, -0.05) is 34.5 Å². The summed E-state index contributed by atoms with van der Waals surface area (Å²) in [5.41, 5.74) is 1.70. The van der Waals surface area contributed by atoms with Gasteiger partial charge in [0.2, 0.25) is 0 Å². The van der Waals surface area contributed by atoms with Crippen molar-refractivity contribution in [1.29, 1.82) is 0 Å². The summed E-state index contributed by atoms with van der Waals surface area (Å²) < 4.78 is 14.7. The third-order valence-electron chi connectivity index (χ3n) is 3.34. The number of hydrogen-bond acceptors (Lipinski definition) is 3. The number of hydrogen-bond donors (Lipinski definition) is 1. The number of halogens is 3. The zero-order valence-corrected chi connectivity index (χ0v) is 13.9. The summed E-state index contributed by atoms with van der Waals surface area (Å²) in [7, 11) is 0. The van der Waals surface area contributed by atoms with Gasteiger partial charge in [0, 0.05) is 10.7 Å². The van der Waals surface area contributed by atoms with Gasteiger partial charge in [-0.05, 0) is 43.3 Å². The molecular formula is C16H11Cl2FN4O. The van der Waals surface area contributed by atoms with E-state index in [2.05, 4.69) is 15.6 Å². The molecule has 5 nitrogen and oxygen atoms in total. The number of amides is 1. The molecule has 1 amide bonds. The highest BCUT2D eigenvalue weighted by Crippen LogP contribution is 2.21. The van der Waals surface area contributed by atoms with Crippen LogP contribution in [-0.2, 0) is 0 Å². The monoisotopic (exact) mass is 364 g/mol. The van der Waals surface area contributed by atoms with Crippen LogP contribution in [0.4, 0.5) is 10.1 Å². The van der Waals surface area contributed by atoms with Crippen LogP contribution in [0.2, 0.25) is 10.0 Å². The molecule has 1 N–H and O–H groups in total. The van der Waals surface area contributed by atoms with Gasteiger partial charge in [0.15, 0.2) is 5.69 Å². The molecule has 3 aromatic rings. The van der Waals surface area contributed by atoms with Crippen LogP contribution in [-0.4, -0.2) is 20.9 Å². The van der Waals surface area contributed by atoms with Gasteiger partial charge >= 0.3 is 0 Å². The summed E-state index contributed by atoms with van der Waals surface area (Å²) in [6.07, 6.45) is 0. The third-order valence-corrected chi connectivity index (χ3v) is 3.86. The molecule has 3 rings (SSSR count). The maximum absolute atomic E-state index is 13.3. The zero-order chi connectivity index (χ0) is 17.3. The van der Waals surface area contributed by atoms with Crippen LogP contribution < -0.4 is 5.32 Å². The van der Waals surface area contributed by atoms with Gasteiger partial charge in [-0.3, -0.25) is 4.79 Å². The molecule has 0 bridgehead atoms. The Labute approximate surface area is 147 Å². The molecule has 1 heterocycles. The highest BCUT2D eigenvalue weighted by molar-refractivity contribution is 6.31. The van der Waals surface area contributed by atoms with Gasteiger partial charge < -0.3 is 5.32 Å². The van der Waals surface area contributed by atoms with Crippen molar-refractivity contribution < 1.29 is 9.18 Å². The highest BCUT2D eigenvalue weighted by Gasteiger charge is 2.18. The van der Waals surface area contributed by atoms with Crippen molar-refractivity contribution >= 4 is 34.8 Å². The van der Waals surface area contributed by atoms with Crippen LogP contribution in [0.25, 0.3) is 5.69 Å². The minimum absolute atomic E-state index is 0.0349. The van der Waals surface area contributed by atoms with E-state index in [1.807, 2.05) is 0 Å². The van der Waals surface area contributed by atoms with Crippen LogP contribution in [0.1, 0.15) is 16.2 Å². The van der Waals surface area contributed by atoms with E-state index in [1.54, 1.807) is 31.2 Å². The van der Waals surface area contributed by atoms with Gasteiger partial charge in [0.05, 0.1) is 16.4 Å². The lowest BCUT2D eigenvalue weighted by molar-refractivity contribution is 0.102. The topological polar surface area (TPSA) is 59.8 Å². The SMILES string of the molecule is Cc1c(C(=O)Nc2cccc(Cl)c2)nnn1-c1ccc(F)c(Cl)c1. The van der Waals surface area contributed by atoms with Crippen molar-refractivity contribution in [1.82, 2.24) is 15.0 Å². The first-order valence-corrected chi connectivity index (χ1v) is 7.66. The lowest BCUT2D eigenvalue weighted by atomic mass is 10.2. The fraction of sp³-hybridized carbons (Fsp3) is 0.0625. The number of anilines is 1. The van der Waals surface area contributed by atoms with Crippen molar-refractivity contribution in [2.45, 2.75) is 6.92 Å². The molecule has 0 saturated heterocycles. The predicted molar refractivity (Wildman–Crippen MR) is 90.5 cm³/mol. The fourth-order valence-corrected chi connectivity index (χ4v) is 2.52. The number of aromatic nitrogens is 3. The molecule has 0 saturated carbocycles. The zero-order valence-electron chi connectivity index (χ0n) is 12.4. The average molecular weight is 365 g/mol. The van der Waals surface area contributed by atoms with E-state index in [1.165, 1.54) is 22.9 Å². The van der Waals surface area contributed by atoms with Crippen molar-refractivity contribution in [3.05, 3.63) is 69.7 Å². The number of carbonyl (C=O) groups is 1. The van der Waals surface area contributed by atoms with Crippen LogP contribution in [0.3, 0.4) is 0 Å². The number of nitrogens with one attached hydrogen (secondary N) is 1. The second-order valence-corrected chi connectivity index (χ2v) is 5.84. The summed E-state index contributed by atoms with van der Waals surface area (Å²) in [5.74, 6) is -0.952. The third kappa shape index (κ3) is 3.25. The van der Waals surface area contributed by atoms with Crippen LogP contribution >= 0.6 is 23.2 Å². The Bertz CT molecular complexity index is 926. The van der Waals surface area contributed by atoms with Crippen LogP contribution in [0.5, 0.6) is 0 Å². The van der Waals surface area contributed by atoms with E-state index < -0.39 is 11.7 Å². The normalized spacial score (nSPS) is 10.7. The smallest absolute Gasteiger partial charge is 0.278 e. The van der Waals surface area contributed by atoms with Gasteiger partial charge in [0.25, 0.3) is 5.91 Å². The Morgan fingerprint density at radius 2 is 2.00 bits per heavy atom. The molecule has 1 aromatic heterocycles. The van der Waals surface area contributed by atoms with Crippen LogP contribution in [0.15, 0.2) is 42.5 Å². The fourth-order valence-electron chi connectivity index (χ4n) is 2.16. The first kappa shape index (κ1) is 16.4. The Morgan fingerprint density at radius 1 is 1.21 bits per heavy atom. The van der Waals surface area contributed by atoms with Crippen molar-refractivity contribution in [2.75, 3.05) is 5.32 Å². The Balaban J connectivity index is 1.89. The minimum atomic E-state index is -0.530. The van der Waals surface area contributed by atoms with Gasteiger partial charge in [-0.15, -0.1) is 5.10 Å². The standard InChI is InChI=1S/C16H11Cl2FN4O/c1-9-15(16(24)20-11-4-2-3-10(17)7-11)21-22-23(9)12-5-6-14(19)13(18)8-12/h2-8H,1H3,(H,20,24). The van der Waals surface area contributed by atoms with Gasteiger partial charge in [0.1, 0.15) is 5.82 Å². The first-order valence-electron chi connectivity index (χ1n) is 6.90. The molecule has 0 fully saturated rings. The largest absolute Gasteiger partial charge is 0.320 e. The average Bonchev–Trinajstić information content (AvgIpc) is 2.92. The first-order chi connectivity index (χ1) is 11.5. The Kier molecular flexibility index (Phi) is 4.51. The Morgan fingerprint density at radius 3 is 2.71 bits per heavy atom. The molecule has 0 spiro atoms. The molecule has 0 radical (unpaired) electrons. The molecule has 2 aromatic carbocycles. The Hall–Kier alpha value is -2.44. The summed E-state index contributed by atoms with van der Waals surface area (Å²) in [6.45, 7) is 1.68. The molecule has 122 valence electrons. The van der Waals surface area contributed by atoms with E-state index in [-0.39, 0.29) is 10.7 Å². The summed E-state index contributed by atoms with van der Waals surface area (Å²) in [5, 5.41) is 11.0. The second-order valence-electron chi connectivity index (χ2n) is 5.00. The number of nitrogens with zero attached hydrogens (tertiary/aromatic N) is 3. The minimum Gasteiger partial charge on any atom is -0.320 e. The molecule has 0 aliphatic carbocycles. The van der Waals surface area contributed by atoms with E-state index in [9.17, 15) is 9.18 Å². The number of benzene rings is 2. The maximum atomic E-state index is 13.3. The quantitative estimate of drug-likeness (QED) is 0.754. The number of rotatable bonds is 3. The lowest BCUT2D eigenvalue weighted by Gasteiger charge is -2.06. The van der Waals surface area contributed by atoms with Gasteiger partial charge in [-0.2, -0.15) is 0 Å². The van der Waals surface area contributed by atoms with Gasteiger partial charge in [-0.25, -0.2) is 9.07 Å². The molecule has 0 atom stereocenters. The predicted octanol–water partition coefficient (Wildman–Crippen LogP) is 4.27. The lowest BCUT2D eigenvalue weighted by Crippen LogP contribution is -2.14. The molecule has 0 aliphatic heterocycles. The van der Waals surface area contributed by atoms with Crippen molar-refractivity contribution in [3.63, 3.8) is 0 Å². The number of carbonyl (C=O) groups excluding carboxylic acids is 1. The highest BCUT2D eigenvalue weighted by atomic mass is 35.5. The van der Waals surface area contributed by atoms with Crippen molar-refractivity contribution in [2.24, 2.45) is 0 Å². The summed E-state index contributed by atoms with van der Waals surface area (Å²) in [6, 6.07) is 10.9. The van der Waals surface area contributed by atoms with E-state index in [0.717, 1.165) is 0 Å². The maximum Gasteiger partial charge on any atom is 0.278 e. The van der Waals surface area contributed by atoms with E-state index >= 15 is 0 Å². The molecular weight excluding hydrogens is 354 g/mol. The molecule has 0 unspecified atom stereocenters. The molecule has 24 heavy (non-hydrogen) atoms. The summed E-state index contributed by atoms with van der Waals surface area (Å²) in [4.78, 5) is 12.4. The molecule has 0 aliphatic rings. The van der Waals surface area contributed by atoms with Crippen LogP contribution in [0, 0.1) is 12.7 Å². The second kappa shape index (κ2) is 6.59.